The number of halogens is 1. The van der Waals surface area contributed by atoms with Crippen LogP contribution in [0.4, 0.5) is 0 Å². The summed E-state index contributed by atoms with van der Waals surface area (Å²) in [6.45, 7) is 3.15. The number of nitrogens with zero attached hydrogens (tertiary/aromatic N) is 3. The fraction of sp³-hybridized carbons (Fsp3) is 0.538. The second-order valence-electron chi connectivity index (χ2n) is 5.02. The number of imidazole rings is 1. The summed E-state index contributed by atoms with van der Waals surface area (Å²) in [5.41, 5.74) is 0.711. The predicted molar refractivity (Wildman–Crippen MR) is 72.3 cm³/mol. The molecule has 2 aromatic heterocycles. The van der Waals surface area contributed by atoms with Crippen LogP contribution in [0, 0.1) is 0 Å². The number of aliphatic hydroxyl groups is 1. The summed E-state index contributed by atoms with van der Waals surface area (Å²) in [4.78, 5) is 8.61. The van der Waals surface area contributed by atoms with Crippen LogP contribution in [0.1, 0.15) is 25.8 Å². The minimum atomic E-state index is -0.782. The van der Waals surface area contributed by atoms with Crippen molar-refractivity contribution >= 4 is 22.8 Å². The van der Waals surface area contributed by atoms with Crippen molar-refractivity contribution in [2.24, 2.45) is 0 Å². The normalized spacial score (nSPS) is 20.6. The van der Waals surface area contributed by atoms with Crippen LogP contribution in [-0.2, 0) is 4.74 Å². The number of aromatic nitrogens is 3. The first-order chi connectivity index (χ1) is 9.10. The lowest BCUT2D eigenvalue weighted by molar-refractivity contribution is -0.0898. The minimum Gasteiger partial charge on any atom is -0.388 e. The molecule has 0 radical (unpaired) electrons. The van der Waals surface area contributed by atoms with Crippen molar-refractivity contribution in [2.45, 2.75) is 31.4 Å². The number of hydrogen-bond acceptors (Lipinski definition) is 4. The molecule has 19 heavy (non-hydrogen) atoms. The summed E-state index contributed by atoms with van der Waals surface area (Å²) in [5.74, 6) is 0. The maximum absolute atomic E-state index is 10.8. The maximum Gasteiger partial charge on any atom is 0.161 e. The third-order valence-electron chi connectivity index (χ3n) is 3.94. The molecular formula is C13H16ClN3O2. The smallest absolute Gasteiger partial charge is 0.161 e. The molecule has 0 bridgehead atoms. The van der Waals surface area contributed by atoms with Gasteiger partial charge in [-0.15, -0.1) is 0 Å². The maximum atomic E-state index is 10.8. The van der Waals surface area contributed by atoms with Gasteiger partial charge in [0.05, 0.1) is 18.0 Å². The highest BCUT2D eigenvalue weighted by atomic mass is 35.5. The predicted octanol–water partition coefficient (Wildman–Crippen LogP) is 2.19. The molecular weight excluding hydrogens is 266 g/mol. The van der Waals surface area contributed by atoms with E-state index < -0.39 is 5.60 Å². The van der Waals surface area contributed by atoms with E-state index in [2.05, 4.69) is 9.97 Å². The van der Waals surface area contributed by atoms with Gasteiger partial charge in [0.25, 0.3) is 0 Å². The fourth-order valence-electron chi connectivity index (χ4n) is 2.57. The molecule has 5 nitrogen and oxygen atoms in total. The zero-order chi connectivity index (χ0) is 13.5. The lowest BCUT2D eigenvalue weighted by atomic mass is 9.87. The molecule has 1 saturated heterocycles. The first-order valence-corrected chi connectivity index (χ1v) is 6.77. The molecule has 2 aromatic rings. The van der Waals surface area contributed by atoms with Crippen molar-refractivity contribution in [1.29, 1.82) is 0 Å². The van der Waals surface area contributed by atoms with Crippen LogP contribution in [0.25, 0.3) is 11.2 Å². The van der Waals surface area contributed by atoms with Crippen molar-refractivity contribution in [1.82, 2.24) is 14.5 Å². The highest BCUT2D eigenvalue weighted by Gasteiger charge is 2.37. The molecule has 0 amide bonds. The lowest BCUT2D eigenvalue weighted by Crippen LogP contribution is -2.43. The summed E-state index contributed by atoms with van der Waals surface area (Å²) in [7, 11) is 0. The Hall–Kier alpha value is -1.17. The van der Waals surface area contributed by atoms with Gasteiger partial charge >= 0.3 is 0 Å². The Kier molecular flexibility index (Phi) is 3.20. The van der Waals surface area contributed by atoms with Crippen molar-refractivity contribution < 1.29 is 9.84 Å². The van der Waals surface area contributed by atoms with Gasteiger partial charge in [-0.1, -0.05) is 11.6 Å². The largest absolute Gasteiger partial charge is 0.388 e. The molecule has 1 unspecified atom stereocenters. The molecule has 0 spiro atoms. The molecule has 0 saturated carbocycles. The molecule has 0 aliphatic carbocycles. The van der Waals surface area contributed by atoms with E-state index in [1.54, 1.807) is 12.4 Å². The van der Waals surface area contributed by atoms with E-state index in [0.29, 0.717) is 36.9 Å². The molecule has 0 aromatic carbocycles. The first-order valence-electron chi connectivity index (χ1n) is 6.39. The standard InChI is InChI=1S/C13H16ClN3O2/c1-9(13(18)4-6-19-7-5-13)17-8-15-10-2-3-11(14)16-12(10)17/h2-3,8-9,18H,4-7H2,1H3. The van der Waals surface area contributed by atoms with Gasteiger partial charge in [0.15, 0.2) is 5.65 Å². The van der Waals surface area contributed by atoms with Crippen LogP contribution < -0.4 is 0 Å². The second-order valence-corrected chi connectivity index (χ2v) is 5.41. The van der Waals surface area contributed by atoms with Gasteiger partial charge in [-0.05, 0) is 19.1 Å². The van der Waals surface area contributed by atoms with Crippen molar-refractivity contribution in [2.75, 3.05) is 13.2 Å². The third-order valence-corrected chi connectivity index (χ3v) is 4.15. The quantitative estimate of drug-likeness (QED) is 0.857. The Morgan fingerprint density at radius 1 is 1.42 bits per heavy atom. The van der Waals surface area contributed by atoms with Crippen LogP contribution in [0.15, 0.2) is 18.5 Å². The van der Waals surface area contributed by atoms with E-state index in [0.717, 1.165) is 5.52 Å². The summed E-state index contributed by atoms with van der Waals surface area (Å²) in [6, 6.07) is 3.43. The molecule has 1 fully saturated rings. The number of rotatable bonds is 2. The number of pyridine rings is 1. The average Bonchev–Trinajstić information content (AvgIpc) is 2.81. The van der Waals surface area contributed by atoms with E-state index in [9.17, 15) is 5.11 Å². The number of fused-ring (bicyclic) bond motifs is 1. The van der Waals surface area contributed by atoms with E-state index in [1.165, 1.54) is 0 Å². The van der Waals surface area contributed by atoms with Gasteiger partial charge in [-0.2, -0.15) is 0 Å². The van der Waals surface area contributed by atoms with Crippen molar-refractivity contribution in [3.8, 4) is 0 Å². The molecule has 102 valence electrons. The fourth-order valence-corrected chi connectivity index (χ4v) is 2.72. The van der Waals surface area contributed by atoms with E-state index in [1.807, 2.05) is 17.6 Å². The second kappa shape index (κ2) is 4.74. The lowest BCUT2D eigenvalue weighted by Gasteiger charge is -2.37. The molecule has 1 aliphatic rings. The SMILES string of the molecule is CC(n1cnc2ccc(Cl)nc21)C1(O)CCOCC1. The van der Waals surface area contributed by atoms with Gasteiger partial charge in [0.2, 0.25) is 0 Å². The Morgan fingerprint density at radius 3 is 2.89 bits per heavy atom. The Labute approximate surface area is 116 Å². The summed E-state index contributed by atoms with van der Waals surface area (Å²) in [6.07, 6.45) is 2.95. The molecule has 1 aliphatic heterocycles. The van der Waals surface area contributed by atoms with Crippen molar-refractivity contribution in [3.05, 3.63) is 23.6 Å². The highest BCUT2D eigenvalue weighted by Crippen LogP contribution is 2.33. The van der Waals surface area contributed by atoms with Crippen LogP contribution in [0.5, 0.6) is 0 Å². The Balaban J connectivity index is 2.01. The van der Waals surface area contributed by atoms with Gasteiger partial charge in [0, 0.05) is 26.1 Å². The van der Waals surface area contributed by atoms with Gasteiger partial charge in [0.1, 0.15) is 10.7 Å². The van der Waals surface area contributed by atoms with Crippen LogP contribution in [0.2, 0.25) is 5.15 Å². The Morgan fingerprint density at radius 2 is 2.16 bits per heavy atom. The number of hydrogen-bond donors (Lipinski definition) is 1. The average molecular weight is 282 g/mol. The molecule has 1 atom stereocenters. The summed E-state index contributed by atoms with van der Waals surface area (Å²) in [5, 5.41) is 11.2. The summed E-state index contributed by atoms with van der Waals surface area (Å²) < 4.78 is 7.21. The zero-order valence-electron chi connectivity index (χ0n) is 10.7. The Bertz CT molecular complexity index is 593. The third kappa shape index (κ3) is 2.22. The monoisotopic (exact) mass is 281 g/mol. The first kappa shape index (κ1) is 12.8. The van der Waals surface area contributed by atoms with E-state index in [-0.39, 0.29) is 6.04 Å². The highest BCUT2D eigenvalue weighted by molar-refractivity contribution is 6.29. The zero-order valence-corrected chi connectivity index (χ0v) is 11.5. The molecule has 3 heterocycles. The van der Waals surface area contributed by atoms with Crippen LogP contribution in [-0.4, -0.2) is 38.5 Å². The molecule has 3 rings (SSSR count). The topological polar surface area (TPSA) is 60.2 Å². The van der Waals surface area contributed by atoms with Crippen LogP contribution in [0.3, 0.4) is 0 Å². The van der Waals surface area contributed by atoms with Crippen LogP contribution >= 0.6 is 11.6 Å². The van der Waals surface area contributed by atoms with E-state index in [4.69, 9.17) is 16.3 Å². The van der Waals surface area contributed by atoms with Crippen molar-refractivity contribution in [3.63, 3.8) is 0 Å². The minimum absolute atomic E-state index is 0.118. The van der Waals surface area contributed by atoms with Gasteiger partial charge < -0.3 is 14.4 Å². The molecule has 1 N–H and O–H groups in total. The number of ether oxygens (including phenoxy) is 1. The molecule has 6 heteroatoms. The van der Waals surface area contributed by atoms with Gasteiger partial charge in [-0.25, -0.2) is 9.97 Å². The van der Waals surface area contributed by atoms with Gasteiger partial charge in [-0.3, -0.25) is 0 Å². The van der Waals surface area contributed by atoms with E-state index >= 15 is 0 Å². The summed E-state index contributed by atoms with van der Waals surface area (Å²) >= 11 is 5.94.